The Morgan fingerprint density at radius 2 is 1.23 bits per heavy atom. The largest absolute Gasteiger partial charge is 0.265 e. The predicted molar refractivity (Wildman–Crippen MR) is 166 cm³/mol. The molecule has 0 spiro atoms. The van der Waals surface area contributed by atoms with Crippen molar-refractivity contribution in [3.63, 3.8) is 0 Å². The summed E-state index contributed by atoms with van der Waals surface area (Å²) >= 11 is -1.61. The first-order chi connectivity index (χ1) is 18.7. The van der Waals surface area contributed by atoms with Gasteiger partial charge in [0.2, 0.25) is 0 Å². The van der Waals surface area contributed by atoms with Crippen LogP contribution in [0.1, 0.15) is 59.9 Å². The van der Waals surface area contributed by atoms with Crippen molar-refractivity contribution in [2.75, 3.05) is 13.1 Å². The molecule has 0 bridgehead atoms. The van der Waals surface area contributed by atoms with Crippen LogP contribution in [-0.4, -0.2) is 44.6 Å². The molecule has 0 radical (unpaired) electrons. The van der Waals surface area contributed by atoms with Crippen molar-refractivity contribution < 1.29 is 13.5 Å². The Balaban J connectivity index is 0.000000214. The first-order valence-electron chi connectivity index (χ1n) is 14.1. The average Bonchev–Trinajstić information content (AvgIpc) is 3.34. The summed E-state index contributed by atoms with van der Waals surface area (Å²) in [4.78, 5) is 9.04. The molecule has 1 aromatic heterocycles. The second kappa shape index (κ2) is 16.3. The van der Waals surface area contributed by atoms with Gasteiger partial charge in [0, 0.05) is 24.5 Å². The van der Waals surface area contributed by atoms with Gasteiger partial charge >= 0.3 is 73.4 Å². The number of pyridine rings is 1. The number of halogens is 2. The molecule has 2 aliphatic carbocycles. The molecule has 1 aliphatic heterocycles. The summed E-state index contributed by atoms with van der Waals surface area (Å²) in [5.74, 6) is 2.99. The molecule has 0 amide bonds. The Morgan fingerprint density at radius 1 is 0.769 bits per heavy atom. The van der Waals surface area contributed by atoms with E-state index in [0.717, 1.165) is 29.2 Å². The van der Waals surface area contributed by atoms with Crippen LogP contribution in [-0.2, 0) is 13.5 Å². The smallest absolute Gasteiger partial charge is 0.0267 e. The van der Waals surface area contributed by atoms with Crippen molar-refractivity contribution in [3.8, 4) is 0 Å². The van der Waals surface area contributed by atoms with Gasteiger partial charge in [-0.1, -0.05) is 57.1 Å². The predicted octanol–water partition coefficient (Wildman–Crippen LogP) is 8.55. The standard InChI is InChI=1S/C21H35N2.C7H6.C5H5N.2ClH.Ru/c1-14-9-16(3)20(17(4)10-14)22-7-8-23(13-22)21-18(5)11-15(2)12-19(21)6;1-7-5-3-2-4-6-7;1-2-4-6-5-3-1;;;/h9,11,13-15,17,19-21H,7-8,10,12H2,1-6H3;1-6H;1-5H;2*1H;/q-1;;;;;+2/p-2/t14-,15+,17?,19?,20+,21-;;;;;. The molecule has 6 heteroatoms. The minimum absolute atomic E-state index is 0.610. The summed E-state index contributed by atoms with van der Waals surface area (Å²) in [6.07, 6.45) is 11.1. The minimum atomic E-state index is -1.61. The van der Waals surface area contributed by atoms with Gasteiger partial charge in [-0.25, -0.2) is 6.67 Å². The molecule has 216 valence electrons. The third-order valence-corrected chi connectivity index (χ3v) is 9.65. The first kappa shape index (κ1) is 32.4. The van der Waals surface area contributed by atoms with Crippen molar-refractivity contribution in [2.45, 2.75) is 66.5 Å². The van der Waals surface area contributed by atoms with Crippen LogP contribution in [0.15, 0.2) is 84.2 Å². The van der Waals surface area contributed by atoms with Crippen LogP contribution < -0.4 is 0 Å². The molecule has 2 heterocycles. The zero-order chi connectivity index (χ0) is 28.4. The number of rotatable bonds is 3. The normalized spacial score (nSPS) is 29.6. The number of allylic oxidation sites excluding steroid dienone is 2. The second-order valence-electron chi connectivity index (χ2n) is 11.4. The van der Waals surface area contributed by atoms with Gasteiger partial charge in [0.05, 0.1) is 0 Å². The second-order valence-corrected chi connectivity index (χ2v) is 17.1. The summed E-state index contributed by atoms with van der Waals surface area (Å²) in [7, 11) is 11.3. The molecule has 2 aromatic rings. The molecule has 3 nitrogen and oxygen atoms in total. The van der Waals surface area contributed by atoms with E-state index < -0.39 is 13.5 Å². The van der Waals surface area contributed by atoms with E-state index in [4.69, 9.17) is 19.4 Å². The Bertz CT molecular complexity index is 1010. The molecule has 0 saturated carbocycles. The van der Waals surface area contributed by atoms with Crippen LogP contribution in [0, 0.1) is 30.3 Å². The summed E-state index contributed by atoms with van der Waals surface area (Å²) < 4.78 is 1.92. The molecule has 6 atom stereocenters. The van der Waals surface area contributed by atoms with Gasteiger partial charge in [-0.3, -0.25) is 4.98 Å². The quantitative estimate of drug-likeness (QED) is 0.188. The summed E-state index contributed by atoms with van der Waals surface area (Å²) in [6.45, 7) is 19.1. The van der Waals surface area contributed by atoms with Crippen molar-refractivity contribution >= 4 is 24.0 Å². The number of hydrogen-bond donors (Lipinski definition) is 0. The van der Waals surface area contributed by atoms with Crippen LogP contribution in [0.5, 0.6) is 0 Å². The summed E-state index contributed by atoms with van der Waals surface area (Å²) in [5.41, 5.74) is 4.27. The first-order valence-corrected chi connectivity index (χ1v) is 19.6. The third-order valence-electron chi connectivity index (χ3n) is 7.78. The molecule has 39 heavy (non-hydrogen) atoms. The Labute approximate surface area is 250 Å². The van der Waals surface area contributed by atoms with Crippen LogP contribution in [0.2, 0.25) is 0 Å². The molecule has 3 aliphatic rings. The van der Waals surface area contributed by atoms with Gasteiger partial charge < -0.3 is 9.80 Å². The average molecular weight is 657 g/mol. The zero-order valence-corrected chi connectivity index (χ0v) is 27.6. The van der Waals surface area contributed by atoms with E-state index in [1.807, 2.05) is 53.1 Å². The number of benzene rings is 1. The number of aromatic nitrogens is 1. The van der Waals surface area contributed by atoms with Crippen molar-refractivity contribution in [1.29, 1.82) is 0 Å². The fourth-order valence-corrected chi connectivity index (χ4v) is 8.44. The molecular formula is C33H46Cl2N3Ru-. The van der Waals surface area contributed by atoms with E-state index >= 15 is 0 Å². The van der Waals surface area contributed by atoms with E-state index in [2.05, 4.69) is 75.1 Å². The molecule has 1 aromatic carbocycles. The monoisotopic (exact) mass is 656 g/mol. The SMILES string of the molecule is CC1=C[C@H](C)CC(C)[C@@H]1N1[CH-]N([C@H]2C(C)=C[C@@H](C)CC2C)CC1.[Cl][Ru]([Cl])=[CH]c1ccccc1.c1ccncc1. The Hall–Kier alpha value is -1.16. The molecule has 2 unspecified atom stereocenters. The van der Waals surface area contributed by atoms with Crippen LogP contribution in [0.4, 0.5) is 0 Å². The van der Waals surface area contributed by atoms with Gasteiger partial charge in [-0.15, -0.1) is 0 Å². The third kappa shape index (κ3) is 10.3. The van der Waals surface area contributed by atoms with Gasteiger partial charge in [0.25, 0.3) is 0 Å². The number of hydrogen-bond acceptors (Lipinski definition) is 3. The van der Waals surface area contributed by atoms with E-state index in [-0.39, 0.29) is 0 Å². The fourth-order valence-electron chi connectivity index (χ4n) is 6.62. The van der Waals surface area contributed by atoms with Crippen molar-refractivity contribution in [1.82, 2.24) is 14.8 Å². The molecular weight excluding hydrogens is 610 g/mol. The van der Waals surface area contributed by atoms with Gasteiger partial charge in [0.15, 0.2) is 0 Å². The maximum atomic E-state index is 5.67. The fraction of sp³-hybridized carbons (Fsp3) is 0.485. The van der Waals surface area contributed by atoms with Crippen LogP contribution in [0.25, 0.3) is 0 Å². The maximum Gasteiger partial charge on any atom is 0.0267 e. The molecule has 1 fully saturated rings. The minimum Gasteiger partial charge on any atom is -0.265 e. The van der Waals surface area contributed by atoms with E-state index in [1.54, 1.807) is 23.5 Å². The maximum absolute atomic E-state index is 5.67. The van der Waals surface area contributed by atoms with Gasteiger partial charge in [-0.2, -0.15) is 0 Å². The topological polar surface area (TPSA) is 19.4 Å². The number of nitrogens with zero attached hydrogens (tertiary/aromatic N) is 3. The molecule has 0 N–H and O–H groups in total. The molecule has 5 rings (SSSR count). The van der Waals surface area contributed by atoms with Crippen molar-refractivity contribution in [2.24, 2.45) is 23.7 Å². The van der Waals surface area contributed by atoms with Gasteiger partial charge in [0.1, 0.15) is 0 Å². The summed E-state index contributed by atoms with van der Waals surface area (Å²) in [6, 6.07) is 16.8. The van der Waals surface area contributed by atoms with Gasteiger partial charge in [-0.05, 0) is 75.6 Å². The molecule has 1 saturated heterocycles. The zero-order valence-electron chi connectivity index (χ0n) is 24.3. The van der Waals surface area contributed by atoms with Crippen molar-refractivity contribution in [3.05, 3.63) is 96.5 Å². The summed E-state index contributed by atoms with van der Waals surface area (Å²) in [5, 5.41) is 0. The van der Waals surface area contributed by atoms with E-state index in [9.17, 15) is 0 Å². The van der Waals surface area contributed by atoms with E-state index in [1.165, 1.54) is 25.9 Å². The Kier molecular flexibility index (Phi) is 13.5. The van der Waals surface area contributed by atoms with Crippen LogP contribution in [0.3, 0.4) is 0 Å². The van der Waals surface area contributed by atoms with E-state index in [0.29, 0.717) is 12.1 Å². The Morgan fingerprint density at radius 3 is 1.59 bits per heavy atom. The van der Waals surface area contributed by atoms with Crippen LogP contribution >= 0.6 is 19.4 Å².